The maximum atomic E-state index is 9.24. The van der Waals surface area contributed by atoms with Crippen LogP contribution >= 0.6 is 11.8 Å². The summed E-state index contributed by atoms with van der Waals surface area (Å²) in [7, 11) is 0. The van der Waals surface area contributed by atoms with Crippen LogP contribution in [0.25, 0.3) is 10.8 Å². The molecule has 0 fully saturated rings. The number of aliphatic hydroxyl groups is 1. The average molecular weight is 291 g/mol. The second kappa shape index (κ2) is 6.01. The van der Waals surface area contributed by atoms with Crippen LogP contribution in [0.4, 0.5) is 0 Å². The lowest BCUT2D eigenvalue weighted by molar-refractivity contribution is 0.281. The quantitative estimate of drug-likeness (QED) is 0.780. The van der Waals surface area contributed by atoms with Crippen LogP contribution in [0.1, 0.15) is 11.1 Å². The summed E-state index contributed by atoms with van der Waals surface area (Å²) >= 11 is 1.57. The fourth-order valence-corrected chi connectivity index (χ4v) is 3.14. The topological polar surface area (TPSA) is 44.0 Å². The van der Waals surface area contributed by atoms with Crippen molar-refractivity contribution in [3.8, 4) is 6.07 Å². The lowest BCUT2D eigenvalue weighted by Gasteiger charge is -2.07. The third kappa shape index (κ3) is 2.92. The first-order valence-corrected chi connectivity index (χ1v) is 7.42. The second-order valence-corrected chi connectivity index (χ2v) is 5.83. The van der Waals surface area contributed by atoms with E-state index in [1.807, 2.05) is 24.3 Å². The highest BCUT2D eigenvalue weighted by atomic mass is 32.2. The first-order valence-electron chi connectivity index (χ1n) is 6.61. The first kappa shape index (κ1) is 13.7. The van der Waals surface area contributed by atoms with E-state index in [9.17, 15) is 5.26 Å². The summed E-state index contributed by atoms with van der Waals surface area (Å²) in [6.45, 7) is -0.0460. The minimum absolute atomic E-state index is 0.0460. The van der Waals surface area contributed by atoms with Gasteiger partial charge in [-0.1, -0.05) is 48.2 Å². The molecule has 0 heterocycles. The Morgan fingerprint density at radius 1 is 0.952 bits per heavy atom. The highest BCUT2D eigenvalue weighted by molar-refractivity contribution is 7.99. The highest BCUT2D eigenvalue weighted by Gasteiger charge is 2.06. The molecule has 0 spiro atoms. The smallest absolute Gasteiger partial charge is 0.100 e. The Morgan fingerprint density at radius 2 is 1.76 bits per heavy atom. The van der Waals surface area contributed by atoms with Gasteiger partial charge in [-0.15, -0.1) is 0 Å². The molecule has 1 N–H and O–H groups in total. The summed E-state index contributed by atoms with van der Waals surface area (Å²) < 4.78 is 0. The molecule has 0 aliphatic rings. The van der Waals surface area contributed by atoms with Crippen LogP contribution in [0.3, 0.4) is 0 Å². The Hall–Kier alpha value is -2.28. The van der Waals surface area contributed by atoms with Crippen LogP contribution in [0, 0.1) is 11.3 Å². The van der Waals surface area contributed by atoms with Crippen LogP contribution < -0.4 is 0 Å². The van der Waals surface area contributed by atoms with E-state index in [1.165, 1.54) is 10.8 Å². The van der Waals surface area contributed by atoms with Crippen molar-refractivity contribution in [3.63, 3.8) is 0 Å². The van der Waals surface area contributed by atoms with Crippen LogP contribution in [0.5, 0.6) is 0 Å². The van der Waals surface area contributed by atoms with Gasteiger partial charge in [0.15, 0.2) is 0 Å². The highest BCUT2D eigenvalue weighted by Crippen LogP contribution is 2.32. The number of fused-ring (bicyclic) bond motifs is 1. The van der Waals surface area contributed by atoms with E-state index in [2.05, 4.69) is 36.4 Å². The maximum Gasteiger partial charge on any atom is 0.100 e. The molecule has 0 aliphatic heterocycles. The van der Waals surface area contributed by atoms with Gasteiger partial charge in [0, 0.05) is 9.79 Å². The zero-order valence-electron chi connectivity index (χ0n) is 11.3. The van der Waals surface area contributed by atoms with Crippen molar-refractivity contribution in [1.29, 1.82) is 5.26 Å². The van der Waals surface area contributed by atoms with Crippen LogP contribution in [-0.4, -0.2) is 5.11 Å². The molecule has 102 valence electrons. The maximum absolute atomic E-state index is 9.24. The molecule has 0 amide bonds. The first-order chi connectivity index (χ1) is 10.3. The van der Waals surface area contributed by atoms with Crippen LogP contribution in [0.2, 0.25) is 0 Å². The molecule has 0 aromatic heterocycles. The molecule has 0 bridgehead atoms. The van der Waals surface area contributed by atoms with Gasteiger partial charge in [0.05, 0.1) is 12.2 Å². The predicted molar refractivity (Wildman–Crippen MR) is 85.2 cm³/mol. The number of hydrogen-bond donors (Lipinski definition) is 1. The van der Waals surface area contributed by atoms with Gasteiger partial charge in [-0.2, -0.15) is 5.26 Å². The van der Waals surface area contributed by atoms with Crippen molar-refractivity contribution in [3.05, 3.63) is 71.8 Å². The zero-order chi connectivity index (χ0) is 14.7. The lowest BCUT2D eigenvalue weighted by atomic mass is 10.1. The van der Waals surface area contributed by atoms with Crippen molar-refractivity contribution in [2.24, 2.45) is 0 Å². The molecule has 3 heteroatoms. The van der Waals surface area contributed by atoms with Crippen molar-refractivity contribution in [2.75, 3.05) is 0 Å². The monoisotopic (exact) mass is 291 g/mol. The molecular weight excluding hydrogens is 278 g/mol. The Balaban J connectivity index is 1.96. The lowest BCUT2D eigenvalue weighted by Crippen LogP contribution is -1.87. The van der Waals surface area contributed by atoms with Gasteiger partial charge in [0.2, 0.25) is 0 Å². The minimum atomic E-state index is -0.0460. The van der Waals surface area contributed by atoms with Crippen LogP contribution in [-0.2, 0) is 6.61 Å². The van der Waals surface area contributed by atoms with E-state index < -0.39 is 0 Å². The Morgan fingerprint density at radius 3 is 2.52 bits per heavy atom. The van der Waals surface area contributed by atoms with E-state index in [0.717, 1.165) is 15.4 Å². The molecule has 0 saturated carbocycles. The number of aliphatic hydroxyl groups excluding tert-OH is 1. The molecule has 0 saturated heterocycles. The van der Waals surface area contributed by atoms with Gasteiger partial charge in [0.25, 0.3) is 0 Å². The fourth-order valence-electron chi connectivity index (χ4n) is 2.21. The van der Waals surface area contributed by atoms with Crippen LogP contribution in [0.15, 0.2) is 70.5 Å². The summed E-state index contributed by atoms with van der Waals surface area (Å²) in [6, 6.07) is 22.2. The minimum Gasteiger partial charge on any atom is -0.392 e. The fraction of sp³-hybridized carbons (Fsp3) is 0.0556. The number of nitrogens with zero attached hydrogens (tertiary/aromatic N) is 1. The van der Waals surface area contributed by atoms with Gasteiger partial charge in [-0.3, -0.25) is 0 Å². The molecule has 0 radical (unpaired) electrons. The Kier molecular flexibility index (Phi) is 3.92. The number of benzene rings is 3. The number of hydrogen-bond acceptors (Lipinski definition) is 3. The molecular formula is C18H13NOS. The summed E-state index contributed by atoms with van der Waals surface area (Å²) in [5, 5.41) is 20.8. The third-order valence-electron chi connectivity index (χ3n) is 3.30. The van der Waals surface area contributed by atoms with Crippen molar-refractivity contribution >= 4 is 22.5 Å². The van der Waals surface area contributed by atoms with Gasteiger partial charge in [-0.25, -0.2) is 0 Å². The van der Waals surface area contributed by atoms with Crippen molar-refractivity contribution < 1.29 is 5.11 Å². The molecule has 0 unspecified atom stereocenters. The largest absolute Gasteiger partial charge is 0.392 e. The average Bonchev–Trinajstić information content (AvgIpc) is 2.55. The molecule has 0 aliphatic carbocycles. The van der Waals surface area contributed by atoms with E-state index in [4.69, 9.17) is 5.11 Å². The molecule has 3 rings (SSSR count). The normalized spacial score (nSPS) is 10.5. The van der Waals surface area contributed by atoms with Crippen molar-refractivity contribution in [1.82, 2.24) is 0 Å². The molecule has 3 aromatic carbocycles. The molecule has 0 atom stereocenters. The zero-order valence-corrected chi connectivity index (χ0v) is 12.1. The third-order valence-corrected chi connectivity index (χ3v) is 4.36. The van der Waals surface area contributed by atoms with E-state index >= 15 is 0 Å². The van der Waals surface area contributed by atoms with Gasteiger partial charge in [-0.05, 0) is 40.6 Å². The molecule has 21 heavy (non-hydrogen) atoms. The number of nitriles is 1. The standard InChI is InChI=1S/C18H13NOS/c19-11-16-9-13(12-20)5-8-18(16)21-17-7-6-14-3-1-2-4-15(14)10-17/h1-10,20H,12H2. The van der Waals surface area contributed by atoms with Crippen molar-refractivity contribution in [2.45, 2.75) is 16.4 Å². The molecule has 3 aromatic rings. The summed E-state index contributed by atoms with van der Waals surface area (Å²) in [5.74, 6) is 0. The number of rotatable bonds is 3. The van der Waals surface area contributed by atoms with Gasteiger partial charge >= 0.3 is 0 Å². The molecule has 2 nitrogen and oxygen atoms in total. The SMILES string of the molecule is N#Cc1cc(CO)ccc1Sc1ccc2ccccc2c1. The van der Waals surface area contributed by atoms with Gasteiger partial charge in [0.1, 0.15) is 6.07 Å². The van der Waals surface area contributed by atoms with E-state index in [0.29, 0.717) is 5.56 Å². The van der Waals surface area contributed by atoms with E-state index in [1.54, 1.807) is 17.8 Å². The van der Waals surface area contributed by atoms with E-state index in [-0.39, 0.29) is 6.61 Å². The summed E-state index contributed by atoms with van der Waals surface area (Å²) in [6.07, 6.45) is 0. The summed E-state index contributed by atoms with van der Waals surface area (Å²) in [4.78, 5) is 2.01. The Labute approximate surface area is 127 Å². The van der Waals surface area contributed by atoms with Gasteiger partial charge < -0.3 is 5.11 Å². The predicted octanol–water partition coefficient (Wildman–Crippen LogP) is 4.35. The summed E-state index contributed by atoms with van der Waals surface area (Å²) in [5.41, 5.74) is 1.36. The second-order valence-electron chi connectivity index (χ2n) is 4.71. The Bertz CT molecular complexity index is 836.